The van der Waals surface area contributed by atoms with Gasteiger partial charge < -0.3 is 9.88 Å². The number of hydrogen-bond acceptors (Lipinski definition) is 1. The average molecular weight is 270 g/mol. The van der Waals surface area contributed by atoms with E-state index in [4.69, 9.17) is 0 Å². The second-order valence-corrected chi connectivity index (χ2v) is 5.66. The molecular formula is C17H22N2O. The summed E-state index contributed by atoms with van der Waals surface area (Å²) in [7, 11) is 0. The molecule has 2 aromatic rings. The summed E-state index contributed by atoms with van der Waals surface area (Å²) in [5.41, 5.74) is 1.78. The molecule has 1 unspecified atom stereocenters. The molecule has 3 heteroatoms. The van der Waals surface area contributed by atoms with Gasteiger partial charge in [0.2, 0.25) is 0 Å². The topological polar surface area (TPSA) is 36.1 Å². The zero-order chi connectivity index (χ0) is 13.9. The third kappa shape index (κ3) is 2.33. The summed E-state index contributed by atoms with van der Waals surface area (Å²) in [6.07, 6.45) is 7.71. The van der Waals surface area contributed by atoms with Crippen molar-refractivity contribution in [3.8, 4) is 0 Å². The molecule has 1 N–H and O–H groups in total. The minimum absolute atomic E-state index is 0.187. The van der Waals surface area contributed by atoms with Crippen molar-refractivity contribution >= 4 is 16.8 Å². The van der Waals surface area contributed by atoms with Crippen molar-refractivity contribution in [2.24, 2.45) is 0 Å². The van der Waals surface area contributed by atoms with Crippen molar-refractivity contribution in [3.05, 3.63) is 36.0 Å². The standard InChI is InChI=1S/C17H22N2O/c1-2-14-8-4-3-5-12-19(14)17(20)15-9-6-7-13-10-11-18-16(13)15/h6-7,9-11,14,18H,2-5,8,12H2,1H3. The number of rotatable bonds is 2. The van der Waals surface area contributed by atoms with Crippen LogP contribution in [0.1, 0.15) is 49.4 Å². The van der Waals surface area contributed by atoms with Gasteiger partial charge in [-0.3, -0.25) is 4.79 Å². The maximum Gasteiger partial charge on any atom is 0.256 e. The SMILES string of the molecule is CCC1CCCCCN1C(=O)c1cccc2cc[nH]c12. The highest BCUT2D eigenvalue weighted by Crippen LogP contribution is 2.24. The molecule has 3 nitrogen and oxygen atoms in total. The van der Waals surface area contributed by atoms with E-state index in [-0.39, 0.29) is 5.91 Å². The predicted molar refractivity (Wildman–Crippen MR) is 81.9 cm³/mol. The first kappa shape index (κ1) is 13.2. The van der Waals surface area contributed by atoms with Gasteiger partial charge in [-0.25, -0.2) is 0 Å². The Balaban J connectivity index is 1.96. The highest BCUT2D eigenvalue weighted by molar-refractivity contribution is 6.05. The van der Waals surface area contributed by atoms with Crippen LogP contribution in [-0.4, -0.2) is 28.4 Å². The molecule has 1 atom stereocenters. The summed E-state index contributed by atoms with van der Waals surface area (Å²) in [5.74, 6) is 0.187. The number of benzene rings is 1. The van der Waals surface area contributed by atoms with Crippen LogP contribution in [0.5, 0.6) is 0 Å². The molecule has 1 aromatic heterocycles. The minimum atomic E-state index is 0.187. The van der Waals surface area contributed by atoms with Gasteiger partial charge in [-0.15, -0.1) is 0 Å². The number of para-hydroxylation sites is 1. The van der Waals surface area contributed by atoms with Crippen LogP contribution in [0.2, 0.25) is 0 Å². The zero-order valence-corrected chi connectivity index (χ0v) is 12.1. The summed E-state index contributed by atoms with van der Waals surface area (Å²) < 4.78 is 0. The number of carbonyl (C=O) groups is 1. The number of aromatic amines is 1. The van der Waals surface area contributed by atoms with Crippen LogP contribution in [0, 0.1) is 0 Å². The first-order valence-corrected chi connectivity index (χ1v) is 7.68. The van der Waals surface area contributed by atoms with Crippen LogP contribution in [0.25, 0.3) is 10.9 Å². The Bertz CT molecular complexity index is 602. The van der Waals surface area contributed by atoms with Gasteiger partial charge in [0.15, 0.2) is 0 Å². The lowest BCUT2D eigenvalue weighted by molar-refractivity contribution is 0.0680. The molecule has 20 heavy (non-hydrogen) atoms. The molecule has 2 heterocycles. The Labute approximate surface area is 120 Å². The molecule has 1 aliphatic rings. The summed E-state index contributed by atoms with van der Waals surface area (Å²) >= 11 is 0. The van der Waals surface area contributed by atoms with Gasteiger partial charge >= 0.3 is 0 Å². The van der Waals surface area contributed by atoms with Gasteiger partial charge in [-0.2, -0.15) is 0 Å². The number of amides is 1. The Morgan fingerprint density at radius 3 is 3.05 bits per heavy atom. The Hall–Kier alpha value is -1.77. The summed E-state index contributed by atoms with van der Waals surface area (Å²) in [5, 5.41) is 1.11. The van der Waals surface area contributed by atoms with Gasteiger partial charge in [0.25, 0.3) is 5.91 Å². The molecule has 1 saturated heterocycles. The van der Waals surface area contributed by atoms with E-state index in [2.05, 4.69) is 16.8 Å². The first-order valence-electron chi connectivity index (χ1n) is 7.68. The molecule has 0 aliphatic carbocycles. The van der Waals surface area contributed by atoms with E-state index in [1.165, 1.54) is 12.8 Å². The molecule has 0 bridgehead atoms. The van der Waals surface area contributed by atoms with E-state index < -0.39 is 0 Å². The Morgan fingerprint density at radius 2 is 2.20 bits per heavy atom. The van der Waals surface area contributed by atoms with Crippen molar-refractivity contribution in [2.45, 2.75) is 45.1 Å². The van der Waals surface area contributed by atoms with Crippen LogP contribution in [-0.2, 0) is 0 Å². The Kier molecular flexibility index (Phi) is 3.77. The van der Waals surface area contributed by atoms with Crippen molar-refractivity contribution in [2.75, 3.05) is 6.54 Å². The maximum atomic E-state index is 12.9. The van der Waals surface area contributed by atoms with Crippen molar-refractivity contribution < 1.29 is 4.79 Å². The molecule has 106 valence electrons. The summed E-state index contributed by atoms with van der Waals surface area (Å²) in [6, 6.07) is 8.38. The third-order valence-electron chi connectivity index (χ3n) is 4.43. The van der Waals surface area contributed by atoms with Crippen molar-refractivity contribution in [1.82, 2.24) is 9.88 Å². The second kappa shape index (κ2) is 5.70. The molecule has 1 fully saturated rings. The zero-order valence-electron chi connectivity index (χ0n) is 12.1. The number of likely N-dealkylation sites (tertiary alicyclic amines) is 1. The van der Waals surface area contributed by atoms with Crippen LogP contribution < -0.4 is 0 Å². The number of nitrogens with zero attached hydrogens (tertiary/aromatic N) is 1. The Morgan fingerprint density at radius 1 is 1.30 bits per heavy atom. The van der Waals surface area contributed by atoms with Gasteiger partial charge in [0.1, 0.15) is 0 Å². The minimum Gasteiger partial charge on any atom is -0.361 e. The number of fused-ring (bicyclic) bond motifs is 1. The van der Waals surface area contributed by atoms with Crippen LogP contribution in [0.15, 0.2) is 30.5 Å². The quantitative estimate of drug-likeness (QED) is 0.881. The average Bonchev–Trinajstić information content (AvgIpc) is 2.83. The van der Waals surface area contributed by atoms with E-state index in [0.29, 0.717) is 6.04 Å². The number of aromatic nitrogens is 1. The highest BCUT2D eigenvalue weighted by atomic mass is 16.2. The van der Waals surface area contributed by atoms with E-state index >= 15 is 0 Å². The fourth-order valence-corrected chi connectivity index (χ4v) is 3.29. The van der Waals surface area contributed by atoms with Gasteiger partial charge in [0, 0.05) is 24.2 Å². The lowest BCUT2D eigenvalue weighted by Crippen LogP contribution is -2.39. The van der Waals surface area contributed by atoms with E-state index in [9.17, 15) is 4.79 Å². The predicted octanol–water partition coefficient (Wildman–Crippen LogP) is 3.96. The molecule has 0 saturated carbocycles. The molecule has 1 aromatic carbocycles. The molecule has 1 amide bonds. The fourth-order valence-electron chi connectivity index (χ4n) is 3.29. The maximum absolute atomic E-state index is 12.9. The largest absolute Gasteiger partial charge is 0.361 e. The van der Waals surface area contributed by atoms with E-state index in [1.54, 1.807) is 0 Å². The van der Waals surface area contributed by atoms with Crippen molar-refractivity contribution in [1.29, 1.82) is 0 Å². The molecular weight excluding hydrogens is 248 g/mol. The van der Waals surface area contributed by atoms with Crippen LogP contribution in [0.3, 0.4) is 0 Å². The van der Waals surface area contributed by atoms with E-state index in [0.717, 1.165) is 42.3 Å². The molecule has 0 spiro atoms. The third-order valence-corrected chi connectivity index (χ3v) is 4.43. The first-order chi connectivity index (χ1) is 9.81. The highest BCUT2D eigenvalue weighted by Gasteiger charge is 2.26. The van der Waals surface area contributed by atoms with Crippen LogP contribution in [0.4, 0.5) is 0 Å². The van der Waals surface area contributed by atoms with E-state index in [1.807, 2.05) is 30.5 Å². The monoisotopic (exact) mass is 270 g/mol. The number of nitrogens with one attached hydrogen (secondary N) is 1. The normalized spacial score (nSPS) is 20.1. The molecule has 3 rings (SSSR count). The lowest BCUT2D eigenvalue weighted by atomic mass is 10.1. The van der Waals surface area contributed by atoms with Gasteiger partial charge in [-0.05, 0) is 31.4 Å². The summed E-state index contributed by atoms with van der Waals surface area (Å²) in [4.78, 5) is 18.2. The smallest absolute Gasteiger partial charge is 0.256 e. The number of hydrogen-bond donors (Lipinski definition) is 1. The lowest BCUT2D eigenvalue weighted by Gasteiger charge is -2.29. The van der Waals surface area contributed by atoms with Crippen molar-refractivity contribution in [3.63, 3.8) is 0 Å². The van der Waals surface area contributed by atoms with Gasteiger partial charge in [0.05, 0.1) is 11.1 Å². The second-order valence-electron chi connectivity index (χ2n) is 5.66. The van der Waals surface area contributed by atoms with Gasteiger partial charge in [-0.1, -0.05) is 31.9 Å². The molecule has 1 aliphatic heterocycles. The van der Waals surface area contributed by atoms with Crippen LogP contribution >= 0.6 is 0 Å². The fraction of sp³-hybridized carbons (Fsp3) is 0.471. The molecule has 0 radical (unpaired) electrons. The number of H-pyrrole nitrogens is 1. The summed E-state index contributed by atoms with van der Waals surface area (Å²) in [6.45, 7) is 3.08. The number of carbonyl (C=O) groups excluding carboxylic acids is 1.